The molecule has 0 aliphatic heterocycles. The zero-order chi connectivity index (χ0) is 14.0. The van der Waals surface area contributed by atoms with Crippen LogP contribution in [0.3, 0.4) is 0 Å². The number of hydrogen-bond donors (Lipinski definition) is 1. The van der Waals surface area contributed by atoms with Crippen molar-refractivity contribution in [2.75, 3.05) is 7.05 Å². The van der Waals surface area contributed by atoms with Gasteiger partial charge in [0, 0.05) is 17.1 Å². The van der Waals surface area contributed by atoms with Gasteiger partial charge in [0.25, 0.3) is 0 Å². The van der Waals surface area contributed by atoms with Crippen LogP contribution in [0.4, 0.5) is 0 Å². The quantitative estimate of drug-likeness (QED) is 0.924. The van der Waals surface area contributed by atoms with Gasteiger partial charge in [0.1, 0.15) is 0 Å². The van der Waals surface area contributed by atoms with Crippen LogP contribution in [0.1, 0.15) is 31.0 Å². The van der Waals surface area contributed by atoms with Crippen molar-refractivity contribution in [3.05, 3.63) is 45.7 Å². The number of hydrogen-bond acceptors (Lipinski definition) is 2. The molecule has 0 spiro atoms. The van der Waals surface area contributed by atoms with Gasteiger partial charge in [-0.25, -0.2) is 4.68 Å². The highest BCUT2D eigenvalue weighted by molar-refractivity contribution is 6.35. The molecule has 0 aliphatic rings. The molecule has 2 rings (SSSR count). The minimum absolute atomic E-state index is 0.359. The standard InChI is InChI=1S/C14H17Cl2N3/c1-9(2)14-10(7-17-3)8-18-19(14)13-5-4-11(15)6-12(13)16/h4-6,8-9,17H,7H2,1-3H3. The fourth-order valence-corrected chi connectivity index (χ4v) is 2.67. The lowest BCUT2D eigenvalue weighted by atomic mass is 10.1. The second kappa shape index (κ2) is 5.95. The zero-order valence-corrected chi connectivity index (χ0v) is 12.8. The Kier molecular flexibility index (Phi) is 4.50. The average molecular weight is 298 g/mol. The van der Waals surface area contributed by atoms with Gasteiger partial charge in [-0.05, 0) is 31.2 Å². The van der Waals surface area contributed by atoms with Crippen molar-refractivity contribution in [3.63, 3.8) is 0 Å². The van der Waals surface area contributed by atoms with Crippen LogP contribution < -0.4 is 5.32 Å². The maximum atomic E-state index is 6.27. The van der Waals surface area contributed by atoms with Crippen LogP contribution >= 0.6 is 23.2 Å². The molecular weight excluding hydrogens is 281 g/mol. The zero-order valence-electron chi connectivity index (χ0n) is 11.2. The van der Waals surface area contributed by atoms with Crippen molar-refractivity contribution in [3.8, 4) is 5.69 Å². The van der Waals surface area contributed by atoms with Crippen molar-refractivity contribution >= 4 is 23.2 Å². The third-order valence-electron chi connectivity index (χ3n) is 2.94. The monoisotopic (exact) mass is 297 g/mol. The van der Waals surface area contributed by atoms with Crippen LogP contribution in [0.2, 0.25) is 10.0 Å². The van der Waals surface area contributed by atoms with E-state index in [-0.39, 0.29) is 0 Å². The SMILES string of the molecule is CNCc1cnn(-c2ccc(Cl)cc2Cl)c1C(C)C. The van der Waals surface area contributed by atoms with E-state index in [1.807, 2.05) is 30.1 Å². The van der Waals surface area contributed by atoms with E-state index in [1.165, 1.54) is 11.3 Å². The lowest BCUT2D eigenvalue weighted by Crippen LogP contribution is -2.10. The average Bonchev–Trinajstić information content (AvgIpc) is 2.73. The molecule has 19 heavy (non-hydrogen) atoms. The first-order chi connectivity index (χ1) is 9.04. The van der Waals surface area contributed by atoms with Gasteiger partial charge in [0.2, 0.25) is 0 Å². The molecule has 1 aromatic heterocycles. The highest BCUT2D eigenvalue weighted by Gasteiger charge is 2.16. The molecule has 1 N–H and O–H groups in total. The number of benzene rings is 1. The number of aromatic nitrogens is 2. The Balaban J connectivity index is 2.55. The third kappa shape index (κ3) is 2.94. The Hall–Kier alpha value is -1.03. The molecular formula is C14H17Cl2N3. The first-order valence-electron chi connectivity index (χ1n) is 6.21. The van der Waals surface area contributed by atoms with Crippen molar-refractivity contribution < 1.29 is 0 Å². The Labute approximate surface area is 123 Å². The summed E-state index contributed by atoms with van der Waals surface area (Å²) >= 11 is 12.2. The Morgan fingerprint density at radius 3 is 2.63 bits per heavy atom. The summed E-state index contributed by atoms with van der Waals surface area (Å²) in [5, 5.41) is 8.86. The summed E-state index contributed by atoms with van der Waals surface area (Å²) in [7, 11) is 1.93. The Bertz CT molecular complexity index is 576. The first-order valence-corrected chi connectivity index (χ1v) is 6.97. The van der Waals surface area contributed by atoms with Crippen LogP contribution in [0, 0.1) is 0 Å². The molecule has 5 heteroatoms. The predicted molar refractivity (Wildman–Crippen MR) is 80.4 cm³/mol. The van der Waals surface area contributed by atoms with Gasteiger partial charge in [-0.1, -0.05) is 37.0 Å². The second-order valence-corrected chi connectivity index (χ2v) is 5.59. The molecule has 102 valence electrons. The molecule has 0 unspecified atom stereocenters. The van der Waals surface area contributed by atoms with Crippen LogP contribution in [0.15, 0.2) is 24.4 Å². The molecule has 3 nitrogen and oxygen atoms in total. The van der Waals surface area contributed by atoms with E-state index in [0.29, 0.717) is 16.0 Å². The molecule has 0 aliphatic carbocycles. The summed E-state index contributed by atoms with van der Waals surface area (Å²) in [5.74, 6) is 0.359. The van der Waals surface area contributed by atoms with E-state index < -0.39 is 0 Å². The van der Waals surface area contributed by atoms with Crippen molar-refractivity contribution in [1.82, 2.24) is 15.1 Å². The summed E-state index contributed by atoms with van der Waals surface area (Å²) in [6, 6.07) is 5.46. The van der Waals surface area contributed by atoms with Crippen LogP contribution in [-0.4, -0.2) is 16.8 Å². The maximum absolute atomic E-state index is 6.27. The minimum atomic E-state index is 0.359. The highest BCUT2D eigenvalue weighted by Crippen LogP contribution is 2.28. The highest BCUT2D eigenvalue weighted by atomic mass is 35.5. The molecule has 0 amide bonds. The number of rotatable bonds is 4. The largest absolute Gasteiger partial charge is 0.316 e. The van der Waals surface area contributed by atoms with E-state index >= 15 is 0 Å². The van der Waals surface area contributed by atoms with Gasteiger partial charge < -0.3 is 5.32 Å². The van der Waals surface area contributed by atoms with Crippen molar-refractivity contribution in [2.45, 2.75) is 26.3 Å². The Morgan fingerprint density at radius 1 is 1.32 bits per heavy atom. The van der Waals surface area contributed by atoms with Crippen molar-refractivity contribution in [1.29, 1.82) is 0 Å². The predicted octanol–water partition coefficient (Wildman–Crippen LogP) is 4.02. The number of nitrogens with zero attached hydrogens (tertiary/aromatic N) is 2. The molecule has 0 saturated carbocycles. The van der Waals surface area contributed by atoms with Gasteiger partial charge in [0.15, 0.2) is 0 Å². The van der Waals surface area contributed by atoms with Gasteiger partial charge in [0.05, 0.1) is 22.6 Å². The lowest BCUT2D eigenvalue weighted by Gasteiger charge is -2.14. The smallest absolute Gasteiger partial charge is 0.0836 e. The van der Waals surface area contributed by atoms with Gasteiger partial charge in [-0.3, -0.25) is 0 Å². The fraction of sp³-hybridized carbons (Fsp3) is 0.357. The topological polar surface area (TPSA) is 29.9 Å². The molecule has 2 aromatic rings. The van der Waals surface area contributed by atoms with E-state index in [9.17, 15) is 0 Å². The van der Waals surface area contributed by atoms with E-state index in [2.05, 4.69) is 24.3 Å². The first kappa shape index (κ1) is 14.4. The van der Waals surface area contributed by atoms with Gasteiger partial charge in [-0.2, -0.15) is 5.10 Å². The van der Waals surface area contributed by atoms with E-state index in [1.54, 1.807) is 6.07 Å². The number of halogens is 2. The summed E-state index contributed by atoms with van der Waals surface area (Å²) in [4.78, 5) is 0. The van der Waals surface area contributed by atoms with Crippen LogP contribution in [0.5, 0.6) is 0 Å². The summed E-state index contributed by atoms with van der Waals surface area (Å²) in [6.07, 6.45) is 1.89. The second-order valence-electron chi connectivity index (χ2n) is 4.75. The van der Waals surface area contributed by atoms with Gasteiger partial charge in [-0.15, -0.1) is 0 Å². The summed E-state index contributed by atoms with van der Waals surface area (Å²) in [5.41, 5.74) is 3.21. The normalized spacial score (nSPS) is 11.3. The summed E-state index contributed by atoms with van der Waals surface area (Å²) in [6.45, 7) is 5.09. The lowest BCUT2D eigenvalue weighted by molar-refractivity contribution is 0.713. The van der Waals surface area contributed by atoms with Crippen LogP contribution in [-0.2, 0) is 6.54 Å². The molecule has 0 fully saturated rings. The number of nitrogens with one attached hydrogen (secondary N) is 1. The fourth-order valence-electron chi connectivity index (χ4n) is 2.18. The van der Waals surface area contributed by atoms with Gasteiger partial charge >= 0.3 is 0 Å². The Morgan fingerprint density at radius 2 is 2.05 bits per heavy atom. The maximum Gasteiger partial charge on any atom is 0.0836 e. The summed E-state index contributed by atoms with van der Waals surface area (Å²) < 4.78 is 1.90. The molecule has 0 saturated heterocycles. The van der Waals surface area contributed by atoms with Crippen molar-refractivity contribution in [2.24, 2.45) is 0 Å². The molecule has 0 bridgehead atoms. The molecule has 0 radical (unpaired) electrons. The van der Waals surface area contributed by atoms with Crippen LogP contribution in [0.25, 0.3) is 5.69 Å². The molecule has 1 aromatic carbocycles. The minimum Gasteiger partial charge on any atom is -0.316 e. The van der Waals surface area contributed by atoms with E-state index in [4.69, 9.17) is 23.2 Å². The molecule has 0 atom stereocenters. The third-order valence-corrected chi connectivity index (χ3v) is 3.48. The van der Waals surface area contributed by atoms with E-state index in [0.717, 1.165) is 12.2 Å². The molecule has 1 heterocycles.